The van der Waals surface area contributed by atoms with E-state index in [4.69, 9.17) is 9.72 Å². The number of benzene rings is 2. The van der Waals surface area contributed by atoms with Crippen LogP contribution in [0.15, 0.2) is 42.5 Å². The SMILES string of the molecule is Oc1ccc2c3c1O[C@@H]1c4nc5ccccc5cc4C[C@@]4(O)[C@H](C2)N(CC2CC2)CCC314. The summed E-state index contributed by atoms with van der Waals surface area (Å²) in [7, 11) is 0. The van der Waals surface area contributed by atoms with E-state index in [1.807, 2.05) is 18.2 Å². The number of aliphatic hydroxyl groups is 1. The molecule has 8 rings (SSSR count). The Kier molecular flexibility index (Phi) is 3.15. The van der Waals surface area contributed by atoms with Crippen LogP contribution in [0, 0.1) is 5.92 Å². The van der Waals surface area contributed by atoms with Crippen molar-refractivity contribution in [1.82, 2.24) is 9.88 Å². The Morgan fingerprint density at radius 1 is 1.12 bits per heavy atom. The van der Waals surface area contributed by atoms with Gasteiger partial charge in [-0.25, -0.2) is 4.98 Å². The van der Waals surface area contributed by atoms with E-state index in [9.17, 15) is 10.2 Å². The minimum Gasteiger partial charge on any atom is -0.504 e. The molecule has 5 nitrogen and oxygen atoms in total. The second kappa shape index (κ2) is 5.64. The van der Waals surface area contributed by atoms with Gasteiger partial charge in [0.25, 0.3) is 0 Å². The lowest BCUT2D eigenvalue weighted by atomic mass is 9.49. The van der Waals surface area contributed by atoms with Crippen molar-refractivity contribution >= 4 is 10.9 Å². The molecule has 4 atom stereocenters. The zero-order valence-electron chi connectivity index (χ0n) is 17.9. The van der Waals surface area contributed by atoms with E-state index in [1.165, 1.54) is 18.4 Å². The molecule has 2 aromatic carbocycles. The van der Waals surface area contributed by atoms with Gasteiger partial charge in [-0.2, -0.15) is 0 Å². The molecule has 162 valence electrons. The number of hydrogen-bond acceptors (Lipinski definition) is 5. The van der Waals surface area contributed by atoms with Crippen molar-refractivity contribution in [2.75, 3.05) is 13.1 Å². The van der Waals surface area contributed by atoms with Gasteiger partial charge in [0.2, 0.25) is 0 Å². The minimum absolute atomic E-state index is 0.0607. The summed E-state index contributed by atoms with van der Waals surface area (Å²) in [6, 6.07) is 14.3. The molecule has 32 heavy (non-hydrogen) atoms. The molecule has 2 bridgehead atoms. The molecule has 1 saturated carbocycles. The van der Waals surface area contributed by atoms with Crippen molar-refractivity contribution in [2.24, 2.45) is 5.92 Å². The Morgan fingerprint density at radius 2 is 2.00 bits per heavy atom. The number of fused-ring (bicyclic) bond motifs is 3. The second-order valence-electron chi connectivity index (χ2n) is 10.7. The van der Waals surface area contributed by atoms with E-state index in [0.717, 1.165) is 59.6 Å². The number of rotatable bonds is 2. The number of likely N-dealkylation sites (tertiary alicyclic amines) is 1. The number of phenolic OH excluding ortho intramolecular Hbond substituents is 1. The average Bonchev–Trinajstić information content (AvgIpc) is 3.53. The van der Waals surface area contributed by atoms with Gasteiger partial charge < -0.3 is 14.9 Å². The zero-order valence-corrected chi connectivity index (χ0v) is 17.9. The molecule has 5 heteroatoms. The standard InChI is InChI=1S/C27H26N2O3/c30-20-8-7-17-12-21-27(31)13-18-11-16-3-1-2-4-19(16)28-23(18)25-26(27,22(17)24(20)32-25)9-10-29(21)14-15-5-6-15/h1-4,7-8,11,15,21,25,30-31H,5-6,9-10,12-14H2/t21-,25+,26?,27+/m0/s1. The number of aromatic nitrogens is 1. The van der Waals surface area contributed by atoms with Crippen LogP contribution in [0.1, 0.15) is 47.8 Å². The highest BCUT2D eigenvalue weighted by atomic mass is 16.5. The maximum Gasteiger partial charge on any atom is 0.166 e. The Balaban J connectivity index is 1.41. The van der Waals surface area contributed by atoms with Gasteiger partial charge >= 0.3 is 0 Å². The zero-order chi connectivity index (χ0) is 21.2. The third-order valence-corrected chi connectivity index (χ3v) is 9.06. The number of nitrogens with zero attached hydrogens (tertiary/aromatic N) is 2. The van der Waals surface area contributed by atoms with Crippen molar-refractivity contribution < 1.29 is 14.9 Å². The molecule has 1 saturated heterocycles. The molecular weight excluding hydrogens is 400 g/mol. The predicted octanol–water partition coefficient (Wildman–Crippen LogP) is 3.64. The van der Waals surface area contributed by atoms with Gasteiger partial charge in [0, 0.05) is 30.0 Å². The van der Waals surface area contributed by atoms with Crippen LogP contribution >= 0.6 is 0 Å². The quantitative estimate of drug-likeness (QED) is 0.655. The number of phenols is 1. The first kappa shape index (κ1) is 17.9. The van der Waals surface area contributed by atoms with Gasteiger partial charge in [-0.1, -0.05) is 24.3 Å². The van der Waals surface area contributed by atoms with Crippen molar-refractivity contribution in [1.29, 1.82) is 0 Å². The van der Waals surface area contributed by atoms with Crippen LogP contribution in [0.25, 0.3) is 10.9 Å². The first-order valence-electron chi connectivity index (χ1n) is 12.0. The largest absolute Gasteiger partial charge is 0.504 e. The minimum atomic E-state index is -0.937. The first-order valence-corrected chi connectivity index (χ1v) is 12.0. The van der Waals surface area contributed by atoms with E-state index in [0.29, 0.717) is 12.2 Å². The summed E-state index contributed by atoms with van der Waals surface area (Å²) in [5.74, 6) is 1.53. The fourth-order valence-electron chi connectivity index (χ4n) is 7.49. The number of pyridine rings is 1. The number of piperidine rings is 1. The molecular formula is C27H26N2O3. The molecule has 2 aliphatic heterocycles. The third kappa shape index (κ3) is 1.97. The molecule has 3 heterocycles. The molecule has 3 aliphatic carbocycles. The Hall–Kier alpha value is -2.63. The first-order chi connectivity index (χ1) is 15.6. The van der Waals surface area contributed by atoms with Gasteiger partial charge in [-0.05, 0) is 67.5 Å². The molecule has 0 amide bonds. The van der Waals surface area contributed by atoms with E-state index in [-0.39, 0.29) is 17.9 Å². The Labute approximate surface area is 186 Å². The van der Waals surface area contributed by atoms with Gasteiger partial charge in [0.05, 0.1) is 22.2 Å². The molecule has 1 unspecified atom stereocenters. The highest BCUT2D eigenvalue weighted by molar-refractivity contribution is 5.80. The molecule has 1 spiro atoms. The molecule has 2 N–H and O–H groups in total. The van der Waals surface area contributed by atoms with Gasteiger partial charge in [0.1, 0.15) is 0 Å². The smallest absolute Gasteiger partial charge is 0.166 e. The van der Waals surface area contributed by atoms with Crippen LogP contribution in [0.2, 0.25) is 0 Å². The number of hydrogen-bond donors (Lipinski definition) is 2. The van der Waals surface area contributed by atoms with Crippen LogP contribution in [-0.4, -0.2) is 44.8 Å². The van der Waals surface area contributed by atoms with Crippen molar-refractivity contribution in [2.45, 2.75) is 55.3 Å². The maximum absolute atomic E-state index is 12.7. The summed E-state index contributed by atoms with van der Waals surface area (Å²) < 4.78 is 6.59. The summed E-state index contributed by atoms with van der Waals surface area (Å²) in [5.41, 5.74) is 3.76. The topological polar surface area (TPSA) is 65.8 Å². The lowest BCUT2D eigenvalue weighted by molar-refractivity contribution is -0.173. The maximum atomic E-state index is 12.7. The summed E-state index contributed by atoms with van der Waals surface area (Å²) in [6.45, 7) is 2.04. The van der Waals surface area contributed by atoms with E-state index in [1.54, 1.807) is 6.07 Å². The molecule has 3 aromatic rings. The number of ether oxygens (including phenoxy) is 1. The van der Waals surface area contributed by atoms with Crippen LogP contribution < -0.4 is 4.74 Å². The van der Waals surface area contributed by atoms with E-state index in [2.05, 4.69) is 23.1 Å². The average molecular weight is 427 g/mol. The van der Waals surface area contributed by atoms with Crippen LogP contribution in [0.4, 0.5) is 0 Å². The van der Waals surface area contributed by atoms with Crippen LogP contribution in [0.3, 0.4) is 0 Å². The van der Waals surface area contributed by atoms with E-state index < -0.39 is 11.0 Å². The van der Waals surface area contributed by atoms with Crippen LogP contribution in [-0.2, 0) is 18.3 Å². The normalized spacial score (nSPS) is 34.2. The molecule has 0 radical (unpaired) electrons. The van der Waals surface area contributed by atoms with E-state index >= 15 is 0 Å². The Bertz CT molecular complexity index is 1320. The molecule has 5 aliphatic rings. The lowest BCUT2D eigenvalue weighted by Gasteiger charge is -2.63. The molecule has 2 fully saturated rings. The van der Waals surface area contributed by atoms with Gasteiger partial charge in [0.15, 0.2) is 17.6 Å². The third-order valence-electron chi connectivity index (χ3n) is 9.06. The van der Waals surface area contributed by atoms with Crippen LogP contribution in [0.5, 0.6) is 11.5 Å². The highest BCUT2D eigenvalue weighted by Crippen LogP contribution is 2.68. The summed E-state index contributed by atoms with van der Waals surface area (Å²) in [4.78, 5) is 7.64. The summed E-state index contributed by atoms with van der Waals surface area (Å²) in [6.07, 6.45) is 4.47. The van der Waals surface area contributed by atoms with Gasteiger partial charge in [-0.15, -0.1) is 0 Å². The Morgan fingerprint density at radius 3 is 2.88 bits per heavy atom. The van der Waals surface area contributed by atoms with Crippen molar-refractivity contribution in [3.8, 4) is 11.5 Å². The summed E-state index contributed by atoms with van der Waals surface area (Å²) >= 11 is 0. The fourth-order valence-corrected chi connectivity index (χ4v) is 7.49. The predicted molar refractivity (Wildman–Crippen MR) is 120 cm³/mol. The van der Waals surface area contributed by atoms with Crippen molar-refractivity contribution in [3.63, 3.8) is 0 Å². The number of aromatic hydroxyl groups is 1. The molecule has 1 aromatic heterocycles. The lowest BCUT2D eigenvalue weighted by Crippen LogP contribution is -2.74. The highest BCUT2D eigenvalue weighted by Gasteiger charge is 2.72. The van der Waals surface area contributed by atoms with Crippen molar-refractivity contribution in [3.05, 3.63) is 64.8 Å². The number of para-hydroxylation sites is 1. The summed E-state index contributed by atoms with van der Waals surface area (Å²) in [5, 5.41) is 24.5. The fraction of sp³-hybridized carbons (Fsp3) is 0.444. The monoisotopic (exact) mass is 426 g/mol. The van der Waals surface area contributed by atoms with Gasteiger partial charge in [-0.3, -0.25) is 4.90 Å². The second-order valence-corrected chi connectivity index (χ2v) is 10.7.